The van der Waals surface area contributed by atoms with E-state index in [1.54, 1.807) is 11.3 Å². The molecular weight excluding hydrogens is 346 g/mol. The molecule has 0 saturated heterocycles. The smallest absolute Gasteiger partial charge is 0.220 e. The molecule has 24 heavy (non-hydrogen) atoms. The third-order valence-electron chi connectivity index (χ3n) is 3.56. The normalized spacial score (nSPS) is 10.9. The van der Waals surface area contributed by atoms with E-state index >= 15 is 0 Å². The Hall–Kier alpha value is -2.05. The molecular formula is C17H18ClN3O2S. The molecule has 0 aliphatic rings. The quantitative estimate of drug-likeness (QED) is 0.649. The van der Waals surface area contributed by atoms with Gasteiger partial charge in [-0.1, -0.05) is 11.6 Å². The number of rotatable bonds is 7. The predicted octanol–water partition coefficient (Wildman–Crippen LogP) is 3.83. The molecule has 7 heteroatoms. The fourth-order valence-corrected chi connectivity index (χ4v) is 3.10. The summed E-state index contributed by atoms with van der Waals surface area (Å²) < 4.78 is 7.58. The van der Waals surface area contributed by atoms with Crippen molar-refractivity contribution in [2.24, 2.45) is 0 Å². The van der Waals surface area contributed by atoms with E-state index in [0.717, 1.165) is 27.0 Å². The third kappa shape index (κ3) is 4.27. The van der Waals surface area contributed by atoms with Crippen molar-refractivity contribution in [1.29, 1.82) is 0 Å². The summed E-state index contributed by atoms with van der Waals surface area (Å²) in [6, 6.07) is 5.54. The number of nitrogens with one attached hydrogen (secondary N) is 1. The molecule has 2 heterocycles. The van der Waals surface area contributed by atoms with Crippen LogP contribution in [-0.2, 0) is 11.3 Å². The number of hydrogen-bond donors (Lipinski definition) is 1. The van der Waals surface area contributed by atoms with Crippen LogP contribution in [0.3, 0.4) is 0 Å². The van der Waals surface area contributed by atoms with E-state index in [2.05, 4.69) is 10.3 Å². The second kappa shape index (κ2) is 7.68. The highest BCUT2D eigenvalue weighted by Gasteiger charge is 2.06. The number of fused-ring (bicyclic) bond motifs is 1. The molecule has 0 saturated carbocycles. The number of imidazole rings is 1. The zero-order valence-corrected chi connectivity index (χ0v) is 14.9. The van der Waals surface area contributed by atoms with E-state index in [4.69, 9.17) is 16.3 Å². The summed E-state index contributed by atoms with van der Waals surface area (Å²) in [7, 11) is 0. The van der Waals surface area contributed by atoms with Gasteiger partial charge in [0, 0.05) is 29.2 Å². The number of carbonyl (C=O) groups is 1. The molecule has 2 aromatic heterocycles. The second-order valence-electron chi connectivity index (χ2n) is 5.46. The average Bonchev–Trinajstić information content (AvgIpc) is 3.14. The maximum Gasteiger partial charge on any atom is 0.220 e. The third-order valence-corrected chi connectivity index (χ3v) is 4.75. The summed E-state index contributed by atoms with van der Waals surface area (Å²) in [5.74, 6) is 0.776. The number of carbonyl (C=O) groups excluding carboxylic acids is 1. The highest BCUT2D eigenvalue weighted by molar-refractivity contribution is 7.15. The van der Waals surface area contributed by atoms with Crippen molar-refractivity contribution in [3.05, 3.63) is 52.3 Å². The Kier molecular flexibility index (Phi) is 5.37. The number of hydrogen-bond acceptors (Lipinski definition) is 4. The number of aryl methyl sites for hydroxylation is 1. The van der Waals surface area contributed by atoms with Crippen LogP contribution in [0, 0.1) is 6.92 Å². The Morgan fingerprint density at radius 1 is 1.46 bits per heavy atom. The minimum atomic E-state index is 0.00208. The maximum absolute atomic E-state index is 11.9. The first-order valence-corrected chi connectivity index (χ1v) is 8.94. The van der Waals surface area contributed by atoms with E-state index in [0.29, 0.717) is 26.0 Å². The number of nitrogens with zero attached hydrogens (tertiary/aromatic N) is 2. The van der Waals surface area contributed by atoms with Gasteiger partial charge >= 0.3 is 0 Å². The van der Waals surface area contributed by atoms with Crippen molar-refractivity contribution in [1.82, 2.24) is 14.7 Å². The van der Waals surface area contributed by atoms with Gasteiger partial charge in [-0.15, -0.1) is 11.3 Å². The molecule has 1 aromatic carbocycles. The molecule has 126 valence electrons. The van der Waals surface area contributed by atoms with Crippen LogP contribution >= 0.6 is 22.9 Å². The van der Waals surface area contributed by atoms with Crippen molar-refractivity contribution >= 4 is 33.8 Å². The largest absolute Gasteiger partial charge is 0.494 e. The number of thiazole rings is 1. The van der Waals surface area contributed by atoms with Gasteiger partial charge in [0.05, 0.1) is 18.8 Å². The summed E-state index contributed by atoms with van der Waals surface area (Å²) >= 11 is 7.55. The van der Waals surface area contributed by atoms with E-state index < -0.39 is 0 Å². The number of benzene rings is 1. The molecule has 3 aromatic rings. The number of amides is 1. The molecule has 0 radical (unpaired) electrons. The van der Waals surface area contributed by atoms with Gasteiger partial charge in [0.2, 0.25) is 5.91 Å². The lowest BCUT2D eigenvalue weighted by Gasteiger charge is -2.08. The molecule has 0 aliphatic heterocycles. The first-order chi connectivity index (χ1) is 11.6. The van der Waals surface area contributed by atoms with Crippen LogP contribution in [0.25, 0.3) is 4.96 Å². The molecule has 0 bridgehead atoms. The molecule has 0 atom stereocenters. The summed E-state index contributed by atoms with van der Waals surface area (Å²) in [6.07, 6.45) is 4.97. The molecule has 1 N–H and O–H groups in total. The SMILES string of the molecule is Cc1cc(OCCCC(=O)NCc2cn3ccsc3n2)ccc1Cl. The van der Waals surface area contributed by atoms with E-state index in [1.807, 2.05) is 47.3 Å². The van der Waals surface area contributed by atoms with Crippen LogP contribution in [0.1, 0.15) is 24.1 Å². The van der Waals surface area contributed by atoms with Crippen LogP contribution in [0.2, 0.25) is 5.02 Å². The Balaban J connectivity index is 1.36. The second-order valence-corrected chi connectivity index (χ2v) is 6.75. The molecule has 0 spiro atoms. The van der Waals surface area contributed by atoms with E-state index in [9.17, 15) is 4.79 Å². The molecule has 0 unspecified atom stereocenters. The van der Waals surface area contributed by atoms with Crippen LogP contribution in [0.15, 0.2) is 36.0 Å². The van der Waals surface area contributed by atoms with Gasteiger partial charge in [-0.3, -0.25) is 9.20 Å². The Morgan fingerprint density at radius 3 is 3.12 bits per heavy atom. The lowest BCUT2D eigenvalue weighted by molar-refractivity contribution is -0.121. The van der Waals surface area contributed by atoms with Crippen LogP contribution in [-0.4, -0.2) is 21.9 Å². The number of halogens is 1. The maximum atomic E-state index is 11.9. The van der Waals surface area contributed by atoms with Crippen LogP contribution in [0.5, 0.6) is 5.75 Å². The molecule has 0 aliphatic carbocycles. The average molecular weight is 364 g/mol. The van der Waals surface area contributed by atoms with Crippen molar-refractivity contribution < 1.29 is 9.53 Å². The summed E-state index contributed by atoms with van der Waals surface area (Å²) in [5.41, 5.74) is 1.84. The van der Waals surface area contributed by atoms with Gasteiger partial charge < -0.3 is 10.1 Å². The zero-order valence-electron chi connectivity index (χ0n) is 13.3. The zero-order chi connectivity index (χ0) is 16.9. The van der Waals surface area contributed by atoms with E-state index in [-0.39, 0.29) is 5.91 Å². The van der Waals surface area contributed by atoms with Crippen LogP contribution in [0.4, 0.5) is 0 Å². The van der Waals surface area contributed by atoms with Gasteiger partial charge in [0.1, 0.15) is 5.75 Å². The fraction of sp³-hybridized carbons (Fsp3) is 0.294. The van der Waals surface area contributed by atoms with Gasteiger partial charge in [0.25, 0.3) is 0 Å². The highest BCUT2D eigenvalue weighted by atomic mass is 35.5. The van der Waals surface area contributed by atoms with Crippen molar-refractivity contribution in [3.63, 3.8) is 0 Å². The first kappa shape index (κ1) is 16.8. The predicted molar refractivity (Wildman–Crippen MR) is 95.8 cm³/mol. The Bertz CT molecular complexity index is 815. The minimum absolute atomic E-state index is 0.00208. The summed E-state index contributed by atoms with van der Waals surface area (Å²) in [5, 5.41) is 5.58. The topological polar surface area (TPSA) is 55.6 Å². The molecule has 0 fully saturated rings. The van der Waals surface area contributed by atoms with E-state index in [1.165, 1.54) is 0 Å². The van der Waals surface area contributed by atoms with Crippen LogP contribution < -0.4 is 10.1 Å². The van der Waals surface area contributed by atoms with Crippen molar-refractivity contribution in [3.8, 4) is 5.75 Å². The molecule has 1 amide bonds. The van der Waals surface area contributed by atoms with Gasteiger partial charge in [0.15, 0.2) is 4.96 Å². The molecule has 5 nitrogen and oxygen atoms in total. The Labute approximate surface area is 149 Å². The lowest BCUT2D eigenvalue weighted by atomic mass is 10.2. The van der Waals surface area contributed by atoms with Gasteiger partial charge in [-0.05, 0) is 37.1 Å². The first-order valence-electron chi connectivity index (χ1n) is 7.68. The highest BCUT2D eigenvalue weighted by Crippen LogP contribution is 2.21. The van der Waals surface area contributed by atoms with Crippen molar-refractivity contribution in [2.45, 2.75) is 26.3 Å². The fourth-order valence-electron chi connectivity index (χ4n) is 2.27. The summed E-state index contributed by atoms with van der Waals surface area (Å²) in [4.78, 5) is 17.2. The van der Waals surface area contributed by atoms with Crippen molar-refractivity contribution in [2.75, 3.05) is 6.61 Å². The monoisotopic (exact) mass is 363 g/mol. The minimum Gasteiger partial charge on any atom is -0.494 e. The van der Waals surface area contributed by atoms with Gasteiger partial charge in [-0.2, -0.15) is 0 Å². The standard InChI is InChI=1S/C17H18ClN3O2S/c1-12-9-14(4-5-15(12)18)23-7-2-3-16(22)19-10-13-11-21-6-8-24-17(21)20-13/h4-6,8-9,11H,2-3,7,10H2,1H3,(H,19,22). The molecule has 3 rings (SSSR count). The number of ether oxygens (including phenoxy) is 1. The van der Waals surface area contributed by atoms with Gasteiger partial charge in [-0.25, -0.2) is 4.98 Å². The summed E-state index contributed by atoms with van der Waals surface area (Å²) in [6.45, 7) is 2.88. The Morgan fingerprint density at radius 2 is 2.33 bits per heavy atom. The lowest BCUT2D eigenvalue weighted by Crippen LogP contribution is -2.23. The number of aromatic nitrogens is 2.